The summed E-state index contributed by atoms with van der Waals surface area (Å²) in [6.45, 7) is 6.45. The number of hydrogen-bond donors (Lipinski definition) is 2. The first-order valence-electron chi connectivity index (χ1n) is 4.24. The van der Waals surface area contributed by atoms with Crippen molar-refractivity contribution in [3.8, 4) is 0 Å². The van der Waals surface area contributed by atoms with Crippen LogP contribution in [0.25, 0.3) is 0 Å². The third kappa shape index (κ3) is 2.79. The van der Waals surface area contributed by atoms with Crippen LogP contribution in [-0.4, -0.2) is 73.5 Å². The second kappa shape index (κ2) is 6.22. The normalized spacial score (nSPS) is 11.3. The summed E-state index contributed by atoms with van der Waals surface area (Å²) in [5.74, 6) is -3.38. The molecule has 0 saturated carbocycles. The quantitative estimate of drug-likeness (QED) is 0.551. The van der Waals surface area contributed by atoms with Gasteiger partial charge in [-0.3, -0.25) is 9.59 Å². The molecule has 0 heterocycles. The van der Waals surface area contributed by atoms with Crippen molar-refractivity contribution in [1.82, 2.24) is 0 Å². The van der Waals surface area contributed by atoms with Crippen LogP contribution in [-0.2, 0) is 9.59 Å². The van der Waals surface area contributed by atoms with Gasteiger partial charge in [-0.25, -0.2) is 0 Å². The second-order valence-electron chi connectivity index (χ2n) is 3.79. The van der Waals surface area contributed by atoms with Gasteiger partial charge in [0, 0.05) is 0 Å². The van der Waals surface area contributed by atoms with Crippen LogP contribution >= 0.6 is 0 Å². The SMILES string of the molecule is CC(C)C(C(=O)O)(C(=O)O)C(C)C.[KH]. The average Bonchev–Trinajstić information content (AvgIpc) is 1.82. The van der Waals surface area contributed by atoms with Crippen molar-refractivity contribution in [1.29, 1.82) is 0 Å². The first-order chi connectivity index (χ1) is 5.77. The maximum atomic E-state index is 11.0. The molecule has 0 bridgehead atoms. The Hall–Kier alpha value is 0.576. The van der Waals surface area contributed by atoms with Crippen molar-refractivity contribution in [2.45, 2.75) is 27.7 Å². The molecule has 0 aromatic heterocycles. The Bertz CT molecular complexity index is 199. The van der Waals surface area contributed by atoms with E-state index in [1.165, 1.54) is 0 Å². The van der Waals surface area contributed by atoms with Crippen LogP contribution in [0.15, 0.2) is 0 Å². The van der Waals surface area contributed by atoms with E-state index in [2.05, 4.69) is 0 Å². The molecule has 0 aromatic rings. The Kier molecular flexibility index (Phi) is 7.55. The van der Waals surface area contributed by atoms with Gasteiger partial charge < -0.3 is 10.2 Å². The molecule has 78 valence electrons. The molecule has 4 nitrogen and oxygen atoms in total. The molecule has 0 saturated heterocycles. The monoisotopic (exact) mass is 228 g/mol. The van der Waals surface area contributed by atoms with E-state index in [4.69, 9.17) is 10.2 Å². The van der Waals surface area contributed by atoms with Crippen molar-refractivity contribution >= 4 is 63.3 Å². The third-order valence-corrected chi connectivity index (χ3v) is 2.53. The topological polar surface area (TPSA) is 74.6 Å². The Labute approximate surface area is 126 Å². The first kappa shape index (κ1) is 17.0. The van der Waals surface area contributed by atoms with Gasteiger partial charge in [0.05, 0.1) is 0 Å². The fraction of sp³-hybridized carbons (Fsp3) is 0.778. The predicted octanol–water partition coefficient (Wildman–Crippen LogP) is 0.805. The molecule has 0 radical (unpaired) electrons. The number of carboxylic acid groups (broad SMARTS) is 2. The van der Waals surface area contributed by atoms with Crippen LogP contribution in [0.2, 0.25) is 0 Å². The van der Waals surface area contributed by atoms with Crippen LogP contribution in [0.4, 0.5) is 0 Å². The maximum absolute atomic E-state index is 11.0. The Balaban J connectivity index is 0. The number of aliphatic carboxylic acids is 2. The van der Waals surface area contributed by atoms with Crippen molar-refractivity contribution < 1.29 is 19.8 Å². The van der Waals surface area contributed by atoms with Gasteiger partial charge in [0.15, 0.2) is 5.41 Å². The molecule has 0 aliphatic carbocycles. The number of hydrogen-bond acceptors (Lipinski definition) is 2. The molecule has 0 atom stereocenters. The summed E-state index contributed by atoms with van der Waals surface area (Å²) in [4.78, 5) is 21.9. The average molecular weight is 228 g/mol. The molecule has 0 fully saturated rings. The van der Waals surface area contributed by atoms with E-state index in [1.807, 2.05) is 0 Å². The van der Waals surface area contributed by atoms with Gasteiger partial charge in [0.1, 0.15) is 0 Å². The van der Waals surface area contributed by atoms with E-state index < -0.39 is 29.2 Å². The van der Waals surface area contributed by atoms with Crippen molar-refractivity contribution in [3.05, 3.63) is 0 Å². The second-order valence-corrected chi connectivity index (χ2v) is 3.79. The molecule has 0 aliphatic heterocycles. The van der Waals surface area contributed by atoms with Crippen LogP contribution in [0, 0.1) is 17.3 Å². The molecule has 5 heteroatoms. The fourth-order valence-electron chi connectivity index (χ4n) is 1.75. The standard InChI is InChI=1S/C9H16O4.K.H/c1-5(2)9(6(3)4,7(10)11)8(12)13;;/h5-6H,1-4H3,(H,10,11)(H,12,13);;. The van der Waals surface area contributed by atoms with Gasteiger partial charge in [0.25, 0.3) is 0 Å². The minimum atomic E-state index is -1.67. The van der Waals surface area contributed by atoms with Crippen molar-refractivity contribution in [2.24, 2.45) is 17.3 Å². The molecule has 14 heavy (non-hydrogen) atoms. The van der Waals surface area contributed by atoms with E-state index in [-0.39, 0.29) is 51.4 Å². The van der Waals surface area contributed by atoms with Gasteiger partial charge in [-0.2, -0.15) is 0 Å². The van der Waals surface area contributed by atoms with Gasteiger partial charge >= 0.3 is 63.3 Å². The van der Waals surface area contributed by atoms with Crippen LogP contribution in [0.1, 0.15) is 27.7 Å². The predicted molar refractivity (Wildman–Crippen MR) is 54.5 cm³/mol. The van der Waals surface area contributed by atoms with E-state index >= 15 is 0 Å². The summed E-state index contributed by atoms with van der Waals surface area (Å²) in [6.07, 6.45) is 0. The first-order valence-corrected chi connectivity index (χ1v) is 4.24. The van der Waals surface area contributed by atoms with Gasteiger partial charge in [0.2, 0.25) is 0 Å². The van der Waals surface area contributed by atoms with Gasteiger partial charge in [-0.15, -0.1) is 0 Å². The molecule has 0 unspecified atom stereocenters. The van der Waals surface area contributed by atoms with E-state index in [0.29, 0.717) is 0 Å². The summed E-state index contributed by atoms with van der Waals surface area (Å²) in [5, 5.41) is 17.9. The van der Waals surface area contributed by atoms with E-state index in [1.54, 1.807) is 27.7 Å². The van der Waals surface area contributed by atoms with Gasteiger partial charge in [-0.05, 0) is 11.8 Å². The van der Waals surface area contributed by atoms with E-state index in [9.17, 15) is 9.59 Å². The van der Waals surface area contributed by atoms with E-state index in [0.717, 1.165) is 0 Å². The van der Waals surface area contributed by atoms with Gasteiger partial charge in [-0.1, -0.05) is 27.7 Å². The summed E-state index contributed by atoms with van der Waals surface area (Å²) < 4.78 is 0. The van der Waals surface area contributed by atoms with Crippen LogP contribution in [0.3, 0.4) is 0 Å². The van der Waals surface area contributed by atoms with Crippen LogP contribution in [0.5, 0.6) is 0 Å². The number of carboxylic acids is 2. The summed E-state index contributed by atoms with van der Waals surface area (Å²) in [5.41, 5.74) is -1.67. The number of carbonyl (C=O) groups is 2. The zero-order valence-electron chi connectivity index (χ0n) is 8.37. The van der Waals surface area contributed by atoms with Crippen molar-refractivity contribution in [3.63, 3.8) is 0 Å². The van der Waals surface area contributed by atoms with Crippen LogP contribution < -0.4 is 0 Å². The Morgan fingerprint density at radius 2 is 1.14 bits per heavy atom. The molecular formula is C9H17KO4. The summed E-state index contributed by atoms with van der Waals surface area (Å²) in [7, 11) is 0. The molecule has 0 aromatic carbocycles. The molecule has 0 amide bonds. The third-order valence-electron chi connectivity index (χ3n) is 2.53. The molecule has 0 aliphatic rings. The van der Waals surface area contributed by atoms with Crippen molar-refractivity contribution in [2.75, 3.05) is 0 Å². The zero-order chi connectivity index (χ0) is 10.8. The molecule has 0 spiro atoms. The summed E-state index contributed by atoms with van der Waals surface area (Å²) in [6, 6.07) is 0. The zero-order valence-corrected chi connectivity index (χ0v) is 8.37. The molecule has 0 rings (SSSR count). The Morgan fingerprint density at radius 1 is 0.929 bits per heavy atom. The Morgan fingerprint density at radius 3 is 1.14 bits per heavy atom. The fourth-order valence-corrected chi connectivity index (χ4v) is 1.75. The molecule has 2 N–H and O–H groups in total. The number of rotatable bonds is 4. The molecular weight excluding hydrogens is 211 g/mol. The minimum absolute atomic E-state index is 0. The summed E-state index contributed by atoms with van der Waals surface area (Å²) >= 11 is 0.